The Kier molecular flexibility index (Phi) is 6.97. The molecule has 1 aromatic rings. The topological polar surface area (TPSA) is 182 Å². The lowest BCUT2D eigenvalue weighted by Gasteiger charge is -2.53. The number of Topliss-reactive ketones (excluding diaryl/α,β-unsaturated/α-hetero) is 2. The zero-order valence-electron chi connectivity index (χ0n) is 22.2. The van der Waals surface area contributed by atoms with Gasteiger partial charge in [-0.25, -0.2) is 0 Å². The van der Waals surface area contributed by atoms with E-state index in [1.807, 2.05) is 0 Å². The molecule has 10 nitrogen and oxygen atoms in total. The summed E-state index contributed by atoms with van der Waals surface area (Å²) in [4.78, 5) is 40.6. The molecule has 0 unspecified atom stereocenters. The number of carbonyl (C=O) groups is 3. The van der Waals surface area contributed by atoms with Gasteiger partial charge in [-0.05, 0) is 49.9 Å². The van der Waals surface area contributed by atoms with E-state index in [0.717, 1.165) is 12.8 Å². The lowest BCUT2D eigenvalue weighted by atomic mass is 9.54. The van der Waals surface area contributed by atoms with E-state index in [4.69, 9.17) is 5.73 Å². The first-order valence-electron chi connectivity index (χ1n) is 12.8. The monoisotopic (exact) mass is 528 g/mol. The number of hydrogen-bond donors (Lipinski definition) is 6. The van der Waals surface area contributed by atoms with Crippen molar-refractivity contribution in [2.45, 2.75) is 63.7 Å². The summed E-state index contributed by atoms with van der Waals surface area (Å²) in [5.41, 5.74) is 2.23. The smallest absolute Gasteiger partial charge is 0.255 e. The van der Waals surface area contributed by atoms with E-state index >= 15 is 0 Å². The maximum absolute atomic E-state index is 14.0. The van der Waals surface area contributed by atoms with Crippen molar-refractivity contribution >= 4 is 23.2 Å². The first kappa shape index (κ1) is 27.8. The van der Waals surface area contributed by atoms with Crippen LogP contribution < -0.4 is 5.73 Å². The van der Waals surface area contributed by atoms with Gasteiger partial charge in [-0.1, -0.05) is 39.3 Å². The second-order valence-corrected chi connectivity index (χ2v) is 11.4. The molecule has 1 aromatic carbocycles. The molecule has 0 saturated heterocycles. The summed E-state index contributed by atoms with van der Waals surface area (Å²) in [5.74, 6) is -8.24. The van der Waals surface area contributed by atoms with E-state index in [9.17, 15) is 39.9 Å². The van der Waals surface area contributed by atoms with E-state index in [2.05, 4.69) is 13.8 Å². The summed E-state index contributed by atoms with van der Waals surface area (Å²) in [6.07, 6.45) is 0.672. The second kappa shape index (κ2) is 9.52. The molecule has 0 aromatic heterocycles. The molecule has 0 radical (unpaired) electrons. The van der Waals surface area contributed by atoms with Gasteiger partial charge in [0.1, 0.15) is 22.8 Å². The number of carbonyl (C=O) groups excluding carboxylic acids is 3. The van der Waals surface area contributed by atoms with Crippen molar-refractivity contribution in [2.75, 3.05) is 14.1 Å². The summed E-state index contributed by atoms with van der Waals surface area (Å²) in [6.45, 7) is 5.90. The molecule has 1 fully saturated rings. The molecule has 6 atom stereocenters. The van der Waals surface area contributed by atoms with Crippen LogP contribution in [0.4, 0.5) is 0 Å². The Morgan fingerprint density at radius 3 is 2.34 bits per heavy atom. The zero-order chi connectivity index (χ0) is 28.4. The molecule has 3 aliphatic rings. The third kappa shape index (κ3) is 3.77. The number of nitrogens with two attached hydrogens (primary N) is 1. The van der Waals surface area contributed by atoms with Gasteiger partial charge in [-0.15, -0.1) is 0 Å². The number of aryl methyl sites for hydroxylation is 1. The Labute approximate surface area is 221 Å². The number of phenolic OH excluding ortho intramolecular Hbond substituents is 1. The molecular formula is C28H36N2O8. The van der Waals surface area contributed by atoms with Crippen LogP contribution in [0, 0.1) is 17.8 Å². The Morgan fingerprint density at radius 1 is 1.16 bits per heavy atom. The summed E-state index contributed by atoms with van der Waals surface area (Å²) in [7, 11) is 2.95. The van der Waals surface area contributed by atoms with Gasteiger partial charge in [0.2, 0.25) is 5.78 Å². The standard InChI is InChI=1S/C28H36N2O8/c1-11(2)7-6-8-13-9-10-14-12(3)15-17(22(32)16(14)21(13)31)25(35)28(38)19(23(15)33)20(30(4)5)24(34)18(26(28)36)27(29)37/h9-12,15,19-20,23,31-33,36,38H,6-8H2,1-5H3,(H2,29,37)/t12-,15+,19+,20-,23-,28-/m0/s1. The van der Waals surface area contributed by atoms with Crippen LogP contribution in [0.3, 0.4) is 0 Å². The number of ketones is 2. The number of aliphatic hydroxyl groups is 4. The van der Waals surface area contributed by atoms with E-state index in [0.29, 0.717) is 23.5 Å². The molecule has 3 aliphatic carbocycles. The van der Waals surface area contributed by atoms with Crippen molar-refractivity contribution in [3.63, 3.8) is 0 Å². The fourth-order valence-electron chi connectivity index (χ4n) is 6.56. The molecule has 0 aliphatic heterocycles. The van der Waals surface area contributed by atoms with Gasteiger partial charge < -0.3 is 31.3 Å². The van der Waals surface area contributed by atoms with Gasteiger partial charge >= 0.3 is 0 Å². The van der Waals surface area contributed by atoms with Crippen LogP contribution >= 0.6 is 0 Å². The van der Waals surface area contributed by atoms with Gasteiger partial charge in [-0.2, -0.15) is 0 Å². The summed E-state index contributed by atoms with van der Waals surface area (Å²) in [5, 5.41) is 56.8. The highest BCUT2D eigenvalue weighted by molar-refractivity contribution is 6.24. The molecule has 7 N–H and O–H groups in total. The van der Waals surface area contributed by atoms with Gasteiger partial charge in [0, 0.05) is 11.5 Å². The molecule has 0 spiro atoms. The number of aliphatic hydroxyl groups excluding tert-OH is 3. The van der Waals surface area contributed by atoms with Crippen LogP contribution in [0.1, 0.15) is 56.2 Å². The van der Waals surface area contributed by atoms with E-state index in [-0.39, 0.29) is 16.9 Å². The fraction of sp³-hybridized carbons (Fsp3) is 0.536. The largest absolute Gasteiger partial charge is 0.508 e. The number of nitrogens with zero attached hydrogens (tertiary/aromatic N) is 1. The SMILES string of the molecule is CC(C)CCCc1ccc2c(c1O)C(O)=C1C(=O)[C@]3(O)C(O)=C(C(N)=O)C(=O)[C@@H](N(C)C)[C@@H]3[C@@H](O)[C@@H]1[C@H]2C. The molecule has 1 saturated carbocycles. The Balaban J connectivity index is 1.94. The van der Waals surface area contributed by atoms with E-state index < -0.39 is 70.1 Å². The molecule has 4 rings (SSSR count). The predicted octanol–water partition coefficient (Wildman–Crippen LogP) is 1.47. The maximum Gasteiger partial charge on any atom is 0.255 e. The Hall–Kier alpha value is -3.21. The van der Waals surface area contributed by atoms with E-state index in [1.54, 1.807) is 19.1 Å². The minimum Gasteiger partial charge on any atom is -0.508 e. The fourth-order valence-corrected chi connectivity index (χ4v) is 6.56. The van der Waals surface area contributed by atoms with Crippen LogP contribution in [-0.4, -0.2) is 79.7 Å². The first-order chi connectivity index (χ1) is 17.7. The average molecular weight is 529 g/mol. The number of amides is 1. The predicted molar refractivity (Wildman–Crippen MR) is 138 cm³/mol. The number of primary amides is 1. The van der Waals surface area contributed by atoms with Crippen molar-refractivity contribution in [3.8, 4) is 5.75 Å². The Morgan fingerprint density at radius 2 is 1.79 bits per heavy atom. The molecule has 206 valence electrons. The summed E-state index contributed by atoms with van der Waals surface area (Å²) < 4.78 is 0. The number of hydrogen-bond acceptors (Lipinski definition) is 9. The van der Waals surface area contributed by atoms with Crippen molar-refractivity contribution in [3.05, 3.63) is 45.7 Å². The normalized spacial score (nSPS) is 31.0. The molecule has 1 amide bonds. The molecule has 10 heteroatoms. The maximum atomic E-state index is 14.0. The minimum atomic E-state index is -2.91. The third-order valence-electron chi connectivity index (χ3n) is 8.44. The number of phenols is 1. The molecule has 0 bridgehead atoms. The quantitative estimate of drug-likeness (QED) is 0.298. The van der Waals surface area contributed by atoms with Gasteiger partial charge in [0.05, 0.1) is 23.6 Å². The lowest BCUT2D eigenvalue weighted by Crippen LogP contribution is -2.70. The second-order valence-electron chi connectivity index (χ2n) is 11.4. The minimum absolute atomic E-state index is 0.0306. The molecular weight excluding hydrogens is 492 g/mol. The van der Waals surface area contributed by atoms with Gasteiger partial charge in [0.15, 0.2) is 11.4 Å². The lowest BCUT2D eigenvalue weighted by molar-refractivity contribution is -0.169. The Bertz CT molecular complexity index is 1280. The highest BCUT2D eigenvalue weighted by Crippen LogP contribution is 2.56. The van der Waals surface area contributed by atoms with Crippen molar-refractivity contribution in [1.82, 2.24) is 4.90 Å². The number of rotatable bonds is 6. The average Bonchev–Trinajstić information content (AvgIpc) is 2.82. The van der Waals surface area contributed by atoms with Gasteiger partial charge in [-0.3, -0.25) is 19.3 Å². The van der Waals surface area contributed by atoms with E-state index in [1.165, 1.54) is 19.0 Å². The highest BCUT2D eigenvalue weighted by Gasteiger charge is 2.68. The van der Waals surface area contributed by atoms with Crippen LogP contribution in [0.25, 0.3) is 5.76 Å². The van der Waals surface area contributed by atoms with Crippen LogP contribution in [0.5, 0.6) is 5.75 Å². The number of fused-ring (bicyclic) bond motifs is 3. The number of benzene rings is 1. The first-order valence-corrected chi connectivity index (χ1v) is 12.8. The van der Waals surface area contributed by atoms with Crippen molar-refractivity contribution < 1.29 is 39.9 Å². The van der Waals surface area contributed by atoms with Crippen LogP contribution in [0.15, 0.2) is 29.0 Å². The summed E-state index contributed by atoms with van der Waals surface area (Å²) >= 11 is 0. The molecule has 0 heterocycles. The summed E-state index contributed by atoms with van der Waals surface area (Å²) in [6, 6.07) is 2.14. The van der Waals surface area contributed by atoms with Crippen LogP contribution in [0.2, 0.25) is 0 Å². The van der Waals surface area contributed by atoms with Crippen molar-refractivity contribution in [1.29, 1.82) is 0 Å². The number of aromatic hydroxyl groups is 1. The van der Waals surface area contributed by atoms with Crippen LogP contribution in [-0.2, 0) is 20.8 Å². The highest BCUT2D eigenvalue weighted by atomic mass is 16.4. The number of likely N-dealkylation sites (N-methyl/N-ethyl adjacent to an activating group) is 1. The molecule has 38 heavy (non-hydrogen) atoms. The van der Waals surface area contributed by atoms with Crippen molar-refractivity contribution in [2.24, 2.45) is 23.5 Å². The zero-order valence-corrected chi connectivity index (χ0v) is 22.2. The van der Waals surface area contributed by atoms with Gasteiger partial charge in [0.25, 0.3) is 5.91 Å². The third-order valence-corrected chi connectivity index (χ3v) is 8.44.